The lowest BCUT2D eigenvalue weighted by Crippen LogP contribution is -2.54. The number of piperidine rings is 1. The van der Waals surface area contributed by atoms with E-state index in [1.165, 1.54) is 6.07 Å². The number of benzene rings is 1. The van der Waals surface area contributed by atoms with E-state index in [4.69, 9.17) is 9.72 Å². The second-order valence-electron chi connectivity index (χ2n) is 10.9. The number of hydrogen-bond acceptors (Lipinski definition) is 7. The van der Waals surface area contributed by atoms with Gasteiger partial charge in [-0.05, 0) is 81.7 Å². The van der Waals surface area contributed by atoms with Crippen molar-refractivity contribution in [2.75, 3.05) is 44.7 Å². The molecule has 2 fully saturated rings. The predicted molar refractivity (Wildman–Crippen MR) is 152 cm³/mol. The van der Waals surface area contributed by atoms with Gasteiger partial charge in [0.1, 0.15) is 6.07 Å². The van der Waals surface area contributed by atoms with Gasteiger partial charge in [0.05, 0.1) is 46.1 Å². The van der Waals surface area contributed by atoms with E-state index in [0.717, 1.165) is 36.2 Å². The molecule has 5 rings (SSSR count). The van der Waals surface area contributed by atoms with Crippen LogP contribution < -0.4 is 15.0 Å². The SMILES string of the molecule is CCOc1ncccc1-c1ccc(C2(NC(=O)[C@H]3CCN(C)C3)CCN(c3ccc(C(F)(F)F)cc3C#N)CC2)cn1. The van der Waals surface area contributed by atoms with Crippen LogP contribution in [-0.4, -0.2) is 60.6 Å². The van der Waals surface area contributed by atoms with Gasteiger partial charge >= 0.3 is 6.18 Å². The zero-order valence-electron chi connectivity index (χ0n) is 23.6. The van der Waals surface area contributed by atoms with Crippen molar-refractivity contribution in [1.29, 1.82) is 5.26 Å². The monoisotopic (exact) mass is 578 g/mol. The van der Waals surface area contributed by atoms with Gasteiger partial charge in [-0.2, -0.15) is 18.4 Å². The summed E-state index contributed by atoms with van der Waals surface area (Å²) < 4.78 is 45.4. The molecule has 1 atom stereocenters. The first-order valence-electron chi connectivity index (χ1n) is 14.0. The van der Waals surface area contributed by atoms with Gasteiger partial charge in [-0.25, -0.2) is 4.98 Å². The molecule has 8 nitrogen and oxygen atoms in total. The van der Waals surface area contributed by atoms with Crippen molar-refractivity contribution in [3.8, 4) is 23.2 Å². The van der Waals surface area contributed by atoms with Crippen molar-refractivity contribution in [3.05, 3.63) is 71.5 Å². The van der Waals surface area contributed by atoms with Crippen LogP contribution in [0.1, 0.15) is 42.9 Å². The van der Waals surface area contributed by atoms with E-state index < -0.39 is 17.3 Å². The van der Waals surface area contributed by atoms with Crippen molar-refractivity contribution in [1.82, 2.24) is 20.2 Å². The molecule has 11 heteroatoms. The Morgan fingerprint density at radius 3 is 2.57 bits per heavy atom. The van der Waals surface area contributed by atoms with E-state index in [2.05, 4.69) is 15.2 Å². The first-order valence-corrected chi connectivity index (χ1v) is 14.0. The Hall–Kier alpha value is -4.17. The molecule has 0 radical (unpaired) electrons. The standard InChI is InChI=1S/C31H33F3N6O2/c1-3-42-29-25(5-4-13-36-29)26-8-6-24(19-37-26)30(38-28(41)21-10-14-39(2)20-21)11-15-40(16-12-30)27-9-7-23(31(32,33)34)17-22(27)18-35/h4-9,13,17,19,21H,3,10-12,14-16,20H2,1-2H3,(H,38,41)/t21-/m0/s1. The maximum Gasteiger partial charge on any atom is 0.416 e. The summed E-state index contributed by atoms with van der Waals surface area (Å²) in [6, 6.07) is 12.8. The van der Waals surface area contributed by atoms with Crippen molar-refractivity contribution in [2.45, 2.75) is 37.9 Å². The number of pyridine rings is 2. The minimum atomic E-state index is -4.53. The molecule has 1 amide bonds. The number of alkyl halides is 3. The van der Waals surface area contributed by atoms with Crippen LogP contribution >= 0.6 is 0 Å². The Labute approximate surface area is 243 Å². The quantitative estimate of drug-likeness (QED) is 0.422. The van der Waals surface area contributed by atoms with Crippen molar-refractivity contribution in [2.24, 2.45) is 5.92 Å². The van der Waals surface area contributed by atoms with Crippen LogP contribution in [0.2, 0.25) is 0 Å². The van der Waals surface area contributed by atoms with Gasteiger partial charge < -0.3 is 19.9 Å². The summed E-state index contributed by atoms with van der Waals surface area (Å²) in [5.41, 5.74) is 1.15. The highest BCUT2D eigenvalue weighted by Crippen LogP contribution is 2.39. The lowest BCUT2D eigenvalue weighted by atomic mass is 9.80. The minimum Gasteiger partial charge on any atom is -0.477 e. The number of nitrogens with one attached hydrogen (secondary N) is 1. The number of likely N-dealkylation sites (tertiary alicyclic amines) is 1. The van der Waals surface area contributed by atoms with E-state index in [0.29, 0.717) is 56.3 Å². The molecule has 0 spiro atoms. The molecule has 220 valence electrons. The number of hydrogen-bond donors (Lipinski definition) is 1. The number of carbonyl (C=O) groups excluding carboxylic acids is 1. The summed E-state index contributed by atoms with van der Waals surface area (Å²) >= 11 is 0. The van der Waals surface area contributed by atoms with Crippen LogP contribution in [0.5, 0.6) is 5.88 Å². The first-order chi connectivity index (χ1) is 20.1. The third kappa shape index (κ3) is 6.04. The summed E-state index contributed by atoms with van der Waals surface area (Å²) in [5, 5.41) is 13.0. The highest BCUT2D eigenvalue weighted by Gasteiger charge is 2.41. The number of anilines is 1. The fraction of sp³-hybridized carbons (Fsp3) is 0.419. The van der Waals surface area contributed by atoms with Gasteiger partial charge in [0.15, 0.2) is 0 Å². The molecule has 42 heavy (non-hydrogen) atoms. The summed E-state index contributed by atoms with van der Waals surface area (Å²) in [4.78, 5) is 26.6. The van der Waals surface area contributed by atoms with Gasteiger partial charge in [0.2, 0.25) is 11.8 Å². The molecule has 2 aromatic heterocycles. The Bertz CT molecular complexity index is 1460. The molecule has 0 aliphatic carbocycles. The maximum absolute atomic E-state index is 13.5. The van der Waals surface area contributed by atoms with Crippen molar-refractivity contribution in [3.63, 3.8) is 0 Å². The molecule has 4 heterocycles. The van der Waals surface area contributed by atoms with E-state index in [9.17, 15) is 23.2 Å². The molecule has 0 bridgehead atoms. The molecule has 2 saturated heterocycles. The van der Waals surface area contributed by atoms with Crippen LogP contribution in [0.15, 0.2) is 54.9 Å². The molecule has 0 unspecified atom stereocenters. The number of nitriles is 1. The predicted octanol–water partition coefficient (Wildman–Crippen LogP) is 5.00. The second-order valence-corrected chi connectivity index (χ2v) is 10.9. The smallest absolute Gasteiger partial charge is 0.416 e. The number of carbonyl (C=O) groups is 1. The van der Waals surface area contributed by atoms with Gasteiger partial charge in [-0.1, -0.05) is 6.07 Å². The number of rotatable bonds is 7. The average Bonchev–Trinajstić information content (AvgIpc) is 3.44. The van der Waals surface area contributed by atoms with Crippen molar-refractivity contribution >= 4 is 11.6 Å². The third-order valence-electron chi connectivity index (χ3n) is 8.17. The molecule has 2 aliphatic heterocycles. The Kier molecular flexibility index (Phi) is 8.36. The zero-order chi connectivity index (χ0) is 29.9. The number of amides is 1. The number of ether oxygens (including phenoxy) is 1. The van der Waals surface area contributed by atoms with Crippen LogP contribution in [0.25, 0.3) is 11.3 Å². The van der Waals surface area contributed by atoms with E-state index >= 15 is 0 Å². The molecular weight excluding hydrogens is 545 g/mol. The van der Waals surface area contributed by atoms with Gasteiger partial charge in [-0.15, -0.1) is 0 Å². The van der Waals surface area contributed by atoms with E-state index in [1.54, 1.807) is 12.4 Å². The van der Waals surface area contributed by atoms with Crippen LogP contribution in [0.3, 0.4) is 0 Å². The number of halogens is 3. The van der Waals surface area contributed by atoms with Crippen LogP contribution in [0, 0.1) is 17.2 Å². The highest BCUT2D eigenvalue weighted by atomic mass is 19.4. The Morgan fingerprint density at radius 1 is 1.17 bits per heavy atom. The summed E-state index contributed by atoms with van der Waals surface area (Å²) in [5.74, 6) is 0.350. The number of aromatic nitrogens is 2. The molecular formula is C31H33F3N6O2. The first kappa shape index (κ1) is 29.3. The third-order valence-corrected chi connectivity index (χ3v) is 8.17. The minimum absolute atomic E-state index is 0.0185. The summed E-state index contributed by atoms with van der Waals surface area (Å²) in [7, 11) is 2.00. The molecule has 3 aromatic rings. The molecule has 1 aromatic carbocycles. The fourth-order valence-electron chi connectivity index (χ4n) is 5.85. The highest BCUT2D eigenvalue weighted by molar-refractivity contribution is 5.80. The second kappa shape index (κ2) is 12.0. The summed E-state index contributed by atoms with van der Waals surface area (Å²) in [6.07, 6.45) is 0.665. The van der Waals surface area contributed by atoms with E-state index in [1.807, 2.05) is 49.2 Å². The Balaban J connectivity index is 1.43. The van der Waals surface area contributed by atoms with Crippen LogP contribution in [0.4, 0.5) is 18.9 Å². The van der Waals surface area contributed by atoms with Gasteiger partial charge in [-0.3, -0.25) is 9.78 Å². The normalized spacial score (nSPS) is 18.9. The molecule has 0 saturated carbocycles. The molecule has 2 aliphatic rings. The largest absolute Gasteiger partial charge is 0.477 e. The van der Waals surface area contributed by atoms with Crippen molar-refractivity contribution < 1.29 is 22.7 Å². The lowest BCUT2D eigenvalue weighted by Gasteiger charge is -2.44. The topological polar surface area (TPSA) is 94.4 Å². The fourth-order valence-corrected chi connectivity index (χ4v) is 5.85. The summed E-state index contributed by atoms with van der Waals surface area (Å²) in [6.45, 7) is 4.76. The van der Waals surface area contributed by atoms with Gasteiger partial charge in [0, 0.05) is 32.0 Å². The lowest BCUT2D eigenvalue weighted by molar-refractivity contribution is -0.137. The van der Waals surface area contributed by atoms with Gasteiger partial charge in [0.25, 0.3) is 0 Å². The Morgan fingerprint density at radius 2 is 1.95 bits per heavy atom. The maximum atomic E-state index is 13.5. The number of nitrogens with zero attached hydrogens (tertiary/aromatic N) is 5. The zero-order valence-corrected chi connectivity index (χ0v) is 23.6. The van der Waals surface area contributed by atoms with Crippen LogP contribution in [-0.2, 0) is 16.5 Å². The average molecular weight is 579 g/mol. The molecule has 1 N–H and O–H groups in total. The van der Waals surface area contributed by atoms with E-state index in [-0.39, 0.29) is 17.4 Å².